The van der Waals surface area contributed by atoms with Gasteiger partial charge < -0.3 is 15.2 Å². The topological polar surface area (TPSA) is 102 Å². The molecule has 2 N–H and O–H groups in total. The lowest BCUT2D eigenvalue weighted by Crippen LogP contribution is -2.50. The second-order valence-corrected chi connectivity index (χ2v) is 11.8. The Morgan fingerprint density at radius 2 is 1.30 bits per heavy atom. The van der Waals surface area contributed by atoms with Crippen LogP contribution < -0.4 is 5.32 Å². The number of ether oxygens (including phenoxy) is 1. The lowest BCUT2D eigenvalue weighted by atomic mass is 9.76. The van der Waals surface area contributed by atoms with Crippen molar-refractivity contribution >= 4 is 6.09 Å². The van der Waals surface area contributed by atoms with Crippen LogP contribution in [-0.4, -0.2) is 43.6 Å². The molecule has 234 valence electrons. The van der Waals surface area contributed by atoms with Crippen molar-refractivity contribution in [3.8, 4) is 0 Å². The summed E-state index contributed by atoms with van der Waals surface area (Å²) in [5.74, 6) is 0.111. The molecule has 0 saturated heterocycles. The number of nitrogens with zero attached hydrogens (tertiary/aromatic N) is 4. The molecule has 6 aromatic rings. The molecule has 0 spiro atoms. The molecule has 0 fully saturated rings. The first kappa shape index (κ1) is 30.1. The van der Waals surface area contributed by atoms with Crippen molar-refractivity contribution in [3.05, 3.63) is 185 Å². The first-order valence-corrected chi connectivity index (χ1v) is 15.8. The SMILES string of the molecule is O=C(N[C@@H]1Cc2ccccc2[C@@H](Cc2nnn(C(c3ccccc3)(c3ccccc3)c3ccccc3)n2)[C@H]1O)OCc1ccccc1. The van der Waals surface area contributed by atoms with Crippen LogP contribution in [-0.2, 0) is 29.7 Å². The van der Waals surface area contributed by atoms with Gasteiger partial charge in [-0.3, -0.25) is 0 Å². The Bertz CT molecular complexity index is 1820. The quantitative estimate of drug-likeness (QED) is 0.191. The van der Waals surface area contributed by atoms with Crippen LogP contribution in [0, 0.1) is 0 Å². The first-order valence-electron chi connectivity index (χ1n) is 15.8. The number of hydrogen-bond donors (Lipinski definition) is 2. The largest absolute Gasteiger partial charge is 0.445 e. The molecule has 8 nitrogen and oxygen atoms in total. The fourth-order valence-corrected chi connectivity index (χ4v) is 6.74. The van der Waals surface area contributed by atoms with Gasteiger partial charge in [-0.1, -0.05) is 146 Å². The Balaban J connectivity index is 1.21. The Labute approximate surface area is 273 Å². The molecule has 0 bridgehead atoms. The van der Waals surface area contributed by atoms with Crippen LogP contribution in [0.25, 0.3) is 0 Å². The highest BCUT2D eigenvalue weighted by Crippen LogP contribution is 2.40. The van der Waals surface area contributed by atoms with Crippen molar-refractivity contribution in [3.63, 3.8) is 0 Å². The highest BCUT2D eigenvalue weighted by Gasteiger charge is 2.42. The van der Waals surface area contributed by atoms with Gasteiger partial charge in [-0.25, -0.2) is 4.79 Å². The summed E-state index contributed by atoms with van der Waals surface area (Å²) in [7, 11) is 0. The van der Waals surface area contributed by atoms with E-state index in [1.165, 1.54) is 0 Å². The average molecular weight is 622 g/mol. The van der Waals surface area contributed by atoms with Gasteiger partial charge in [0.15, 0.2) is 11.4 Å². The zero-order valence-corrected chi connectivity index (χ0v) is 25.8. The second-order valence-electron chi connectivity index (χ2n) is 11.8. The van der Waals surface area contributed by atoms with E-state index in [9.17, 15) is 9.90 Å². The molecule has 0 aliphatic heterocycles. The first-order chi connectivity index (χ1) is 23.1. The minimum absolute atomic E-state index is 0.147. The Morgan fingerprint density at radius 1 is 0.766 bits per heavy atom. The maximum absolute atomic E-state index is 12.8. The van der Waals surface area contributed by atoms with Gasteiger partial charge in [0.2, 0.25) is 0 Å². The third-order valence-electron chi connectivity index (χ3n) is 8.97. The van der Waals surface area contributed by atoms with Crippen LogP contribution in [0.15, 0.2) is 146 Å². The van der Waals surface area contributed by atoms with E-state index in [1.807, 2.05) is 109 Å². The van der Waals surface area contributed by atoms with E-state index in [-0.39, 0.29) is 12.5 Å². The summed E-state index contributed by atoms with van der Waals surface area (Å²) < 4.78 is 5.49. The fraction of sp³-hybridized carbons (Fsp3) is 0.179. The number of carbonyl (C=O) groups excluding carboxylic acids is 1. The Kier molecular flexibility index (Phi) is 8.58. The average Bonchev–Trinajstić information content (AvgIpc) is 3.60. The van der Waals surface area contributed by atoms with Crippen LogP contribution in [0.5, 0.6) is 0 Å². The van der Waals surface area contributed by atoms with Crippen LogP contribution >= 0.6 is 0 Å². The van der Waals surface area contributed by atoms with Crippen molar-refractivity contribution in [2.24, 2.45) is 0 Å². The van der Waals surface area contributed by atoms with Gasteiger partial charge in [-0.15, -0.1) is 15.0 Å². The van der Waals surface area contributed by atoms with Crippen LogP contribution in [0.4, 0.5) is 4.79 Å². The molecular weight excluding hydrogens is 586 g/mol. The zero-order chi connectivity index (χ0) is 32.1. The van der Waals surface area contributed by atoms with Gasteiger partial charge in [0.05, 0.1) is 12.1 Å². The number of nitrogens with one attached hydrogen (secondary N) is 1. The van der Waals surface area contributed by atoms with E-state index >= 15 is 0 Å². The molecule has 8 heteroatoms. The number of benzene rings is 5. The molecule has 0 unspecified atom stereocenters. The van der Waals surface area contributed by atoms with E-state index in [0.29, 0.717) is 18.7 Å². The van der Waals surface area contributed by atoms with E-state index in [1.54, 1.807) is 4.80 Å². The van der Waals surface area contributed by atoms with Crippen molar-refractivity contribution in [1.29, 1.82) is 0 Å². The number of amides is 1. The molecule has 1 heterocycles. The number of aliphatic hydroxyl groups excluding tert-OH is 1. The monoisotopic (exact) mass is 621 g/mol. The molecule has 1 aromatic heterocycles. The standard InChI is InChI=1S/C39H35N5O3/c45-37-34(33-24-14-13-17-29(33)25-35(37)40-38(46)47-27-28-15-5-1-6-16-28)26-36-41-43-44(42-36)39(30-18-7-2-8-19-30,31-20-9-3-10-21-31)32-22-11-4-12-23-32/h1-24,34-35,37,45H,25-27H2,(H,40,46)/t34-,35-,37-/m1/s1. The van der Waals surface area contributed by atoms with Gasteiger partial charge in [0, 0.05) is 12.3 Å². The van der Waals surface area contributed by atoms with Crippen LogP contribution in [0.2, 0.25) is 0 Å². The summed E-state index contributed by atoms with van der Waals surface area (Å²) in [6.45, 7) is 0.147. The maximum atomic E-state index is 12.8. The van der Waals surface area contributed by atoms with Crippen molar-refractivity contribution in [2.45, 2.75) is 43.1 Å². The number of tetrazole rings is 1. The zero-order valence-electron chi connectivity index (χ0n) is 25.8. The summed E-state index contributed by atoms with van der Waals surface area (Å²) >= 11 is 0. The number of rotatable bonds is 9. The number of aromatic nitrogens is 4. The van der Waals surface area contributed by atoms with Gasteiger partial charge in [-0.2, -0.15) is 0 Å². The molecule has 0 saturated carbocycles. The predicted molar refractivity (Wildman–Crippen MR) is 179 cm³/mol. The predicted octanol–water partition coefficient (Wildman–Crippen LogP) is 6.05. The number of carbonyl (C=O) groups is 1. The minimum atomic E-state index is -0.900. The lowest BCUT2D eigenvalue weighted by Gasteiger charge is -2.36. The Morgan fingerprint density at radius 3 is 1.89 bits per heavy atom. The van der Waals surface area contributed by atoms with E-state index in [2.05, 4.69) is 52.0 Å². The number of aliphatic hydroxyl groups is 1. The van der Waals surface area contributed by atoms with Gasteiger partial charge in [0.25, 0.3) is 0 Å². The fourth-order valence-electron chi connectivity index (χ4n) is 6.74. The van der Waals surface area contributed by atoms with Crippen molar-refractivity contribution < 1.29 is 14.6 Å². The lowest BCUT2D eigenvalue weighted by molar-refractivity contribution is 0.0774. The van der Waals surface area contributed by atoms with Gasteiger partial charge >= 0.3 is 6.09 Å². The highest BCUT2D eigenvalue weighted by atomic mass is 16.5. The van der Waals surface area contributed by atoms with E-state index in [4.69, 9.17) is 9.84 Å². The highest BCUT2D eigenvalue weighted by molar-refractivity contribution is 5.68. The molecule has 5 aromatic carbocycles. The molecular formula is C39H35N5O3. The molecule has 7 rings (SSSR count). The number of fused-ring (bicyclic) bond motifs is 1. The van der Waals surface area contributed by atoms with Gasteiger partial charge in [-0.05, 0) is 45.0 Å². The molecule has 1 aliphatic rings. The second kappa shape index (κ2) is 13.4. The normalized spacial score (nSPS) is 17.4. The smallest absolute Gasteiger partial charge is 0.407 e. The number of hydrogen-bond acceptors (Lipinski definition) is 6. The molecule has 1 amide bonds. The molecule has 3 atom stereocenters. The number of alkyl carbamates (subject to hydrolysis) is 1. The molecule has 47 heavy (non-hydrogen) atoms. The molecule has 0 radical (unpaired) electrons. The summed E-state index contributed by atoms with van der Waals surface area (Å²) in [4.78, 5) is 14.5. The van der Waals surface area contributed by atoms with Crippen molar-refractivity contribution in [1.82, 2.24) is 25.5 Å². The van der Waals surface area contributed by atoms with Crippen LogP contribution in [0.1, 0.15) is 45.1 Å². The summed E-state index contributed by atoms with van der Waals surface area (Å²) in [5.41, 5.74) is 5.02. The van der Waals surface area contributed by atoms with Gasteiger partial charge in [0.1, 0.15) is 6.61 Å². The summed E-state index contributed by atoms with van der Waals surface area (Å²) in [5, 5.41) is 28.9. The summed E-state index contributed by atoms with van der Waals surface area (Å²) in [6.07, 6.45) is -0.668. The summed E-state index contributed by atoms with van der Waals surface area (Å²) in [6, 6.07) is 47.5. The van der Waals surface area contributed by atoms with Crippen LogP contribution in [0.3, 0.4) is 0 Å². The Hall–Kier alpha value is -5.60. The molecule has 1 aliphatic carbocycles. The third kappa shape index (κ3) is 6.03. The van der Waals surface area contributed by atoms with Crippen molar-refractivity contribution in [2.75, 3.05) is 0 Å². The third-order valence-corrected chi connectivity index (χ3v) is 8.97. The minimum Gasteiger partial charge on any atom is -0.445 e. The van der Waals surface area contributed by atoms with E-state index < -0.39 is 23.8 Å². The maximum Gasteiger partial charge on any atom is 0.407 e. The van der Waals surface area contributed by atoms with E-state index in [0.717, 1.165) is 33.4 Å².